The molecule has 3 aromatic rings. The first-order valence-corrected chi connectivity index (χ1v) is 7.98. The van der Waals surface area contributed by atoms with Crippen LogP contribution in [-0.2, 0) is 6.18 Å². The minimum absolute atomic E-state index is 0.0960. The molecule has 5 nitrogen and oxygen atoms in total. The van der Waals surface area contributed by atoms with Crippen molar-refractivity contribution in [3.63, 3.8) is 0 Å². The average molecular weight is 377 g/mol. The minimum atomic E-state index is -4.63. The maximum atomic E-state index is 13.1. The van der Waals surface area contributed by atoms with E-state index >= 15 is 0 Å². The van der Waals surface area contributed by atoms with Crippen molar-refractivity contribution >= 4 is 22.6 Å². The molecule has 0 radical (unpaired) electrons. The molecular weight excluding hydrogens is 363 g/mol. The van der Waals surface area contributed by atoms with Gasteiger partial charge in [-0.1, -0.05) is 12.1 Å². The SMILES string of the molecule is CCOc1ccc2c(C(=O)Nc3ccccc3C(F)(F)F)cc(=O)oc2c1. The summed E-state index contributed by atoms with van der Waals surface area (Å²) in [5, 5.41) is 2.50. The Morgan fingerprint density at radius 3 is 2.59 bits per heavy atom. The zero-order chi connectivity index (χ0) is 19.6. The molecule has 1 amide bonds. The van der Waals surface area contributed by atoms with E-state index in [1.165, 1.54) is 24.3 Å². The number of rotatable bonds is 4. The average Bonchev–Trinajstić information content (AvgIpc) is 2.60. The number of alkyl halides is 3. The van der Waals surface area contributed by atoms with Gasteiger partial charge in [0.15, 0.2) is 0 Å². The summed E-state index contributed by atoms with van der Waals surface area (Å²) in [5.41, 5.74) is -2.18. The third-order valence-corrected chi connectivity index (χ3v) is 3.75. The molecule has 1 aromatic heterocycles. The van der Waals surface area contributed by atoms with E-state index in [0.29, 0.717) is 12.4 Å². The first-order chi connectivity index (χ1) is 12.8. The molecule has 1 heterocycles. The number of carbonyl (C=O) groups is 1. The summed E-state index contributed by atoms with van der Waals surface area (Å²) in [6.07, 6.45) is -4.63. The Kier molecular flexibility index (Phi) is 4.89. The standard InChI is InChI=1S/C19H14F3NO4/c1-2-26-11-7-8-12-13(10-17(24)27-16(12)9-11)18(25)23-15-6-4-3-5-14(15)19(20,21)22/h3-10H,2H2,1H3,(H,23,25). The molecule has 140 valence electrons. The number of nitrogens with one attached hydrogen (secondary N) is 1. The lowest BCUT2D eigenvalue weighted by molar-refractivity contribution is -0.136. The molecule has 0 saturated heterocycles. The van der Waals surface area contributed by atoms with Crippen LogP contribution in [0.1, 0.15) is 22.8 Å². The second-order valence-electron chi connectivity index (χ2n) is 5.57. The van der Waals surface area contributed by atoms with Gasteiger partial charge < -0.3 is 14.5 Å². The van der Waals surface area contributed by atoms with E-state index in [2.05, 4.69) is 5.32 Å². The van der Waals surface area contributed by atoms with E-state index in [0.717, 1.165) is 18.2 Å². The van der Waals surface area contributed by atoms with Gasteiger partial charge in [-0.05, 0) is 31.2 Å². The Morgan fingerprint density at radius 1 is 1.15 bits per heavy atom. The molecule has 8 heteroatoms. The van der Waals surface area contributed by atoms with Gasteiger partial charge in [0.2, 0.25) is 0 Å². The van der Waals surface area contributed by atoms with Crippen molar-refractivity contribution in [2.24, 2.45) is 0 Å². The van der Waals surface area contributed by atoms with E-state index in [1.807, 2.05) is 0 Å². The molecule has 27 heavy (non-hydrogen) atoms. The largest absolute Gasteiger partial charge is 0.494 e. The normalized spacial score (nSPS) is 11.4. The topological polar surface area (TPSA) is 68.5 Å². The van der Waals surface area contributed by atoms with Gasteiger partial charge in [0.25, 0.3) is 5.91 Å². The highest BCUT2D eigenvalue weighted by Gasteiger charge is 2.33. The van der Waals surface area contributed by atoms with Gasteiger partial charge in [-0.3, -0.25) is 4.79 Å². The predicted molar refractivity (Wildman–Crippen MR) is 93.1 cm³/mol. The van der Waals surface area contributed by atoms with Crippen LogP contribution in [0.2, 0.25) is 0 Å². The number of ether oxygens (including phenoxy) is 1. The third kappa shape index (κ3) is 3.94. The van der Waals surface area contributed by atoms with Gasteiger partial charge in [0.1, 0.15) is 11.3 Å². The molecule has 0 aliphatic rings. The summed E-state index contributed by atoms with van der Waals surface area (Å²) in [6.45, 7) is 2.17. The van der Waals surface area contributed by atoms with Crippen LogP contribution in [0.25, 0.3) is 11.0 Å². The lowest BCUT2D eigenvalue weighted by Crippen LogP contribution is -2.18. The molecule has 1 N–H and O–H groups in total. The van der Waals surface area contributed by atoms with Gasteiger partial charge >= 0.3 is 11.8 Å². The predicted octanol–water partition coefficient (Wildman–Crippen LogP) is 4.46. The first-order valence-electron chi connectivity index (χ1n) is 7.98. The van der Waals surface area contributed by atoms with Gasteiger partial charge in [0.05, 0.1) is 23.4 Å². The molecule has 3 rings (SSSR count). The molecular formula is C19H14F3NO4. The van der Waals surface area contributed by atoms with Crippen LogP contribution in [-0.4, -0.2) is 12.5 Å². The minimum Gasteiger partial charge on any atom is -0.494 e. The number of carbonyl (C=O) groups excluding carboxylic acids is 1. The van der Waals surface area contributed by atoms with Gasteiger partial charge in [-0.25, -0.2) is 4.79 Å². The van der Waals surface area contributed by atoms with Crippen LogP contribution in [0.5, 0.6) is 5.75 Å². The fourth-order valence-electron chi connectivity index (χ4n) is 2.62. The molecule has 2 aromatic carbocycles. The fraction of sp³-hybridized carbons (Fsp3) is 0.158. The van der Waals surface area contributed by atoms with Gasteiger partial charge in [-0.2, -0.15) is 13.2 Å². The summed E-state index contributed by atoms with van der Waals surface area (Å²) >= 11 is 0. The summed E-state index contributed by atoms with van der Waals surface area (Å²) in [4.78, 5) is 24.4. The Bertz CT molecular complexity index is 1060. The second-order valence-corrected chi connectivity index (χ2v) is 5.57. The van der Waals surface area contributed by atoms with Gasteiger partial charge in [0, 0.05) is 17.5 Å². The number of benzene rings is 2. The number of halogens is 3. The number of anilines is 1. The quantitative estimate of drug-likeness (QED) is 0.682. The number of hydrogen-bond donors (Lipinski definition) is 1. The van der Waals surface area contributed by atoms with Crippen molar-refractivity contribution in [2.75, 3.05) is 11.9 Å². The molecule has 0 aliphatic heterocycles. The number of amides is 1. The van der Waals surface area contributed by atoms with E-state index in [9.17, 15) is 22.8 Å². The van der Waals surface area contributed by atoms with Crippen LogP contribution < -0.4 is 15.7 Å². The summed E-state index contributed by atoms with van der Waals surface area (Å²) in [6, 6.07) is 10.1. The maximum Gasteiger partial charge on any atom is 0.418 e. The second kappa shape index (κ2) is 7.14. The Hall–Kier alpha value is -3.29. The third-order valence-electron chi connectivity index (χ3n) is 3.75. The Labute approximate surface area is 151 Å². The van der Waals surface area contributed by atoms with Crippen molar-refractivity contribution in [1.29, 1.82) is 0 Å². The fourth-order valence-corrected chi connectivity index (χ4v) is 2.62. The Morgan fingerprint density at radius 2 is 1.89 bits per heavy atom. The van der Waals surface area contributed by atoms with E-state index in [4.69, 9.17) is 9.15 Å². The lowest BCUT2D eigenvalue weighted by Gasteiger charge is -2.14. The summed E-state index contributed by atoms with van der Waals surface area (Å²) in [7, 11) is 0. The van der Waals surface area contributed by atoms with E-state index in [1.54, 1.807) is 13.0 Å². The van der Waals surface area contributed by atoms with Crippen LogP contribution >= 0.6 is 0 Å². The van der Waals surface area contributed by atoms with E-state index < -0.39 is 29.0 Å². The monoisotopic (exact) mass is 377 g/mol. The van der Waals surface area contributed by atoms with Gasteiger partial charge in [-0.15, -0.1) is 0 Å². The zero-order valence-corrected chi connectivity index (χ0v) is 14.1. The number of para-hydroxylation sites is 1. The van der Waals surface area contributed by atoms with E-state index in [-0.39, 0.29) is 16.5 Å². The van der Waals surface area contributed by atoms with Crippen molar-refractivity contribution < 1.29 is 27.1 Å². The Balaban J connectivity index is 2.03. The number of hydrogen-bond acceptors (Lipinski definition) is 4. The van der Waals surface area contributed by atoms with Crippen LogP contribution in [0.15, 0.2) is 57.7 Å². The van der Waals surface area contributed by atoms with Crippen LogP contribution in [0, 0.1) is 0 Å². The molecule has 0 atom stereocenters. The van der Waals surface area contributed by atoms with Crippen molar-refractivity contribution in [2.45, 2.75) is 13.1 Å². The molecule has 0 unspecified atom stereocenters. The van der Waals surface area contributed by atoms with Crippen molar-refractivity contribution in [3.8, 4) is 5.75 Å². The van der Waals surface area contributed by atoms with Crippen LogP contribution in [0.3, 0.4) is 0 Å². The lowest BCUT2D eigenvalue weighted by atomic mass is 10.1. The van der Waals surface area contributed by atoms with Crippen molar-refractivity contribution in [3.05, 3.63) is 70.1 Å². The molecule has 0 bridgehead atoms. The highest BCUT2D eigenvalue weighted by atomic mass is 19.4. The molecule has 0 spiro atoms. The highest BCUT2D eigenvalue weighted by Crippen LogP contribution is 2.35. The molecule has 0 aliphatic carbocycles. The van der Waals surface area contributed by atoms with Crippen LogP contribution in [0.4, 0.5) is 18.9 Å². The highest BCUT2D eigenvalue weighted by molar-refractivity contribution is 6.12. The summed E-state index contributed by atoms with van der Waals surface area (Å²) < 4.78 is 49.7. The zero-order valence-electron chi connectivity index (χ0n) is 14.1. The molecule has 0 fully saturated rings. The number of fused-ring (bicyclic) bond motifs is 1. The maximum absolute atomic E-state index is 13.1. The summed E-state index contributed by atoms with van der Waals surface area (Å²) in [5.74, 6) is -0.415. The molecule has 0 saturated carbocycles. The van der Waals surface area contributed by atoms with Crippen molar-refractivity contribution in [1.82, 2.24) is 0 Å². The smallest absolute Gasteiger partial charge is 0.418 e. The first kappa shape index (κ1) is 18.5.